The molecule has 0 aromatic rings. The molecule has 0 amide bonds. The van der Waals surface area contributed by atoms with Gasteiger partial charge in [0.05, 0.1) is 6.42 Å². The fraction of sp³-hybridized carbons (Fsp3) is 1.00. The molecule has 0 nitrogen and oxygen atoms in total. The van der Waals surface area contributed by atoms with Crippen molar-refractivity contribution in [3.63, 3.8) is 0 Å². The van der Waals surface area contributed by atoms with Gasteiger partial charge < -0.3 is 0 Å². The minimum atomic E-state index is -7.13. The van der Waals surface area contributed by atoms with Crippen molar-refractivity contribution in [3.05, 3.63) is 0 Å². The predicted octanol–water partition coefficient (Wildman–Crippen LogP) is 10.3. The second kappa shape index (κ2) is 14.2. The summed E-state index contributed by atoms with van der Waals surface area (Å²) < 4.78 is 152. The van der Waals surface area contributed by atoms with Gasteiger partial charge in [0.2, 0.25) is 5.92 Å². The van der Waals surface area contributed by atoms with Crippen LogP contribution in [0.4, 0.5) is 52.7 Å². The van der Waals surface area contributed by atoms with Crippen LogP contribution < -0.4 is 0 Å². The Balaban J connectivity index is -0.0000000714. The quantitative estimate of drug-likeness (QED) is 0.349. The zero-order valence-corrected chi connectivity index (χ0v) is 10.2. The van der Waals surface area contributed by atoms with E-state index in [1.54, 1.807) is 0 Å². The fourth-order valence-electron chi connectivity index (χ4n) is 1.34. The molecule has 29 heavy (non-hydrogen) atoms. The highest BCUT2D eigenvalue weighted by Crippen LogP contribution is 2.59. The summed E-state index contributed by atoms with van der Waals surface area (Å²) in [5, 5.41) is 0. The third-order valence-corrected chi connectivity index (χ3v) is 2.45. The topological polar surface area (TPSA) is 0 Å². The van der Waals surface area contributed by atoms with Crippen LogP contribution in [0.5, 0.6) is 0 Å². The maximum Gasteiger partial charge on any atom is 0.429 e. The van der Waals surface area contributed by atoms with Crippen LogP contribution in [0.3, 0.4) is 0 Å². The summed E-state index contributed by atoms with van der Waals surface area (Å²) in [7, 11) is 0. The van der Waals surface area contributed by atoms with Crippen molar-refractivity contribution in [2.75, 3.05) is 0 Å². The van der Waals surface area contributed by atoms with Gasteiger partial charge in [-0.05, 0) is 6.92 Å². The van der Waals surface area contributed by atoms with Crippen molar-refractivity contribution < 1.29 is 52.7 Å². The molecule has 0 aliphatic heterocycles. The van der Waals surface area contributed by atoms with Gasteiger partial charge in [-0.2, -0.15) is 39.5 Å². The van der Waals surface area contributed by atoms with E-state index < -0.39 is 55.8 Å². The number of hydrogen-bond acceptors (Lipinski definition) is 0. The Labute approximate surface area is 169 Å². The van der Waals surface area contributed by atoms with E-state index in [-0.39, 0.29) is 59.4 Å². The fourth-order valence-corrected chi connectivity index (χ4v) is 1.34. The van der Waals surface area contributed by atoms with E-state index >= 15 is 0 Å². The van der Waals surface area contributed by atoms with E-state index in [2.05, 4.69) is 0 Å². The molecule has 0 heterocycles. The first-order valence-corrected chi connectivity index (χ1v) is 4.97. The van der Waals surface area contributed by atoms with Crippen LogP contribution in [0.1, 0.15) is 79.7 Å². The Morgan fingerprint density at radius 3 is 0.828 bits per heavy atom. The summed E-state index contributed by atoms with van der Waals surface area (Å²) in [5.41, 5.74) is -6.55. The molecule has 0 aliphatic rings. The van der Waals surface area contributed by atoms with Crippen LogP contribution >= 0.6 is 0 Å². The van der Waals surface area contributed by atoms with Gasteiger partial charge in [0.1, 0.15) is 0 Å². The minimum absolute atomic E-state index is 0. The molecule has 0 fully saturated rings. The van der Waals surface area contributed by atoms with E-state index in [4.69, 9.17) is 0 Å². The van der Waals surface area contributed by atoms with Gasteiger partial charge in [0, 0.05) is 6.92 Å². The Hall–Kier alpha value is -0.840. The van der Waals surface area contributed by atoms with E-state index in [0.29, 0.717) is 0 Å². The molecule has 0 radical (unpaired) electrons. The van der Waals surface area contributed by atoms with Crippen LogP contribution in [0.2, 0.25) is 0 Å². The summed E-state index contributed by atoms with van der Waals surface area (Å²) in [6.07, 6.45) is -10.4. The van der Waals surface area contributed by atoms with Crippen molar-refractivity contribution in [1.82, 2.24) is 0 Å². The molecule has 192 valence electrons. The average Bonchev–Trinajstić information content (AvgIpc) is 2.10. The molecule has 0 rings (SSSR count). The normalized spacial score (nSPS) is 13.4. The molecule has 1 atom stereocenters. The number of alkyl halides is 12. The van der Waals surface area contributed by atoms with Crippen LogP contribution in [0.15, 0.2) is 0 Å². The summed E-state index contributed by atoms with van der Waals surface area (Å²) in [5.74, 6) is -24.6. The lowest BCUT2D eigenvalue weighted by atomic mass is 9.84. The first kappa shape index (κ1) is 56.6. The van der Waals surface area contributed by atoms with Gasteiger partial charge in [-0.15, -0.1) is 0 Å². The first-order valence-electron chi connectivity index (χ1n) is 4.97. The van der Waals surface area contributed by atoms with Crippen molar-refractivity contribution in [2.24, 2.45) is 0 Å². The Bertz CT molecular complexity index is 377. The number of rotatable bonds is 5. The summed E-state index contributed by atoms with van der Waals surface area (Å²) in [6, 6.07) is 0. The smallest absolute Gasteiger partial charge is 0.226 e. The van der Waals surface area contributed by atoms with Gasteiger partial charge in [-0.3, -0.25) is 0 Å². The first-order chi connectivity index (χ1) is 8.71. The summed E-state index contributed by atoms with van der Waals surface area (Å²) in [4.78, 5) is 0. The molecular formula is C17H40F12. The maximum atomic E-state index is 13.4. The number of halogens is 12. The van der Waals surface area contributed by atoms with Crippen molar-refractivity contribution in [2.45, 2.75) is 115 Å². The van der Waals surface area contributed by atoms with Crippen LogP contribution in [-0.4, -0.2) is 35.5 Å². The van der Waals surface area contributed by atoms with Gasteiger partial charge >= 0.3 is 23.9 Å². The van der Waals surface area contributed by atoms with Gasteiger partial charge in [0.15, 0.2) is 0 Å². The molecule has 0 aliphatic carbocycles. The largest absolute Gasteiger partial charge is 0.429 e. The van der Waals surface area contributed by atoms with Crippen molar-refractivity contribution >= 4 is 0 Å². The van der Waals surface area contributed by atoms with Crippen LogP contribution in [-0.2, 0) is 0 Å². The zero-order valence-electron chi connectivity index (χ0n) is 10.2. The molecule has 0 bridgehead atoms. The molecule has 1 unspecified atom stereocenters. The van der Waals surface area contributed by atoms with Crippen molar-refractivity contribution in [3.8, 4) is 0 Å². The highest BCUT2D eigenvalue weighted by atomic mass is 19.4. The zero-order chi connectivity index (χ0) is 17.7. The third-order valence-electron chi connectivity index (χ3n) is 2.45. The second-order valence-electron chi connectivity index (χ2n) is 4.58. The van der Waals surface area contributed by atoms with Gasteiger partial charge in [-0.1, -0.05) is 59.4 Å². The monoisotopic (exact) mass is 472 g/mol. The standard InChI is InChI=1S/C9H8F12.8CH4/c1-4(10,11)3-6(14,9(19,20)21)8(17,18)7(15,16)5(2,12)13;;;;;;;;/h3H2,1-2H3;8*1H4. The van der Waals surface area contributed by atoms with Crippen molar-refractivity contribution in [1.29, 1.82) is 0 Å². The highest BCUT2D eigenvalue weighted by Gasteiger charge is 2.85. The maximum absolute atomic E-state index is 13.4. The van der Waals surface area contributed by atoms with E-state index in [0.717, 1.165) is 0 Å². The molecule has 0 saturated carbocycles. The highest BCUT2D eigenvalue weighted by molar-refractivity contribution is 5.11. The molecule has 0 N–H and O–H groups in total. The lowest BCUT2D eigenvalue weighted by molar-refractivity contribution is -0.393. The van der Waals surface area contributed by atoms with E-state index in [1.165, 1.54) is 0 Å². The van der Waals surface area contributed by atoms with E-state index in [9.17, 15) is 52.7 Å². The van der Waals surface area contributed by atoms with Gasteiger partial charge in [-0.25, -0.2) is 13.2 Å². The predicted molar refractivity (Wildman–Crippen MR) is 99.5 cm³/mol. The summed E-state index contributed by atoms with van der Waals surface area (Å²) in [6.45, 7) is -1.34. The minimum Gasteiger partial charge on any atom is -0.226 e. The number of hydrogen-bond donors (Lipinski definition) is 0. The second-order valence-corrected chi connectivity index (χ2v) is 4.58. The van der Waals surface area contributed by atoms with Crippen LogP contribution in [0, 0.1) is 0 Å². The van der Waals surface area contributed by atoms with Crippen LogP contribution in [0.25, 0.3) is 0 Å². The van der Waals surface area contributed by atoms with Gasteiger partial charge in [0.25, 0.3) is 5.67 Å². The SMILES string of the molecule is C.C.C.C.C.C.C.C.CC(F)(F)CC(F)(C(F)(F)F)C(F)(F)C(F)(F)C(C)(F)F. The Morgan fingerprint density at radius 1 is 0.448 bits per heavy atom. The molecule has 12 heteroatoms. The molecule has 0 saturated heterocycles. The van der Waals surface area contributed by atoms with E-state index in [1.807, 2.05) is 0 Å². The lowest BCUT2D eigenvalue weighted by Gasteiger charge is -2.41. The molecular weight excluding hydrogens is 432 g/mol. The molecule has 0 aromatic heterocycles. The third kappa shape index (κ3) is 10.1. The molecule has 0 aromatic carbocycles. The molecule has 0 spiro atoms. The Morgan fingerprint density at radius 2 is 0.690 bits per heavy atom. The Kier molecular flexibility index (Phi) is 27.7. The average molecular weight is 472 g/mol. The lowest BCUT2D eigenvalue weighted by Crippen LogP contribution is -2.68. The summed E-state index contributed by atoms with van der Waals surface area (Å²) >= 11 is 0.